The van der Waals surface area contributed by atoms with E-state index in [0.717, 1.165) is 19.1 Å². The van der Waals surface area contributed by atoms with E-state index in [0.29, 0.717) is 6.61 Å². The van der Waals surface area contributed by atoms with Gasteiger partial charge in [-0.2, -0.15) is 0 Å². The Labute approximate surface area is 146 Å². The summed E-state index contributed by atoms with van der Waals surface area (Å²) in [5.41, 5.74) is -0.243. The molecule has 0 saturated heterocycles. The monoisotopic (exact) mass is 338 g/mol. The minimum absolute atomic E-state index is 0.0331. The lowest BCUT2D eigenvalue weighted by molar-refractivity contribution is -0.113. The Bertz CT molecular complexity index is 645. The van der Waals surface area contributed by atoms with Gasteiger partial charge in [-0.05, 0) is 28.3 Å². The number of hydrogen-bond donors (Lipinski definition) is 0. The molecule has 1 saturated carbocycles. The van der Waals surface area contributed by atoms with E-state index in [1.165, 1.54) is 10.4 Å². The van der Waals surface area contributed by atoms with Crippen molar-refractivity contribution in [2.45, 2.75) is 38.7 Å². The highest BCUT2D eigenvalue weighted by molar-refractivity contribution is 6.99. The van der Waals surface area contributed by atoms with Gasteiger partial charge in [0, 0.05) is 12.0 Å². The van der Waals surface area contributed by atoms with E-state index in [1.807, 2.05) is 12.1 Å². The fourth-order valence-corrected chi connectivity index (χ4v) is 8.13. The molecule has 1 fully saturated rings. The van der Waals surface area contributed by atoms with E-state index in [-0.39, 0.29) is 10.5 Å². The molecule has 0 heterocycles. The van der Waals surface area contributed by atoms with E-state index in [2.05, 4.69) is 69.3 Å². The summed E-state index contributed by atoms with van der Waals surface area (Å²) in [7, 11) is -2.49. The summed E-state index contributed by atoms with van der Waals surface area (Å²) in [5, 5.41) is 2.50. The van der Waals surface area contributed by atoms with Crippen molar-refractivity contribution in [1.29, 1.82) is 0 Å². The molecule has 1 aliphatic carbocycles. The van der Waals surface area contributed by atoms with Crippen molar-refractivity contribution in [3.8, 4) is 0 Å². The molecule has 24 heavy (non-hydrogen) atoms. The number of aldehydes is 1. The Balaban J connectivity index is 2.12. The molecule has 3 heteroatoms. The molecule has 0 unspecified atom stereocenters. The van der Waals surface area contributed by atoms with Crippen molar-refractivity contribution in [2.24, 2.45) is 5.41 Å². The quantitative estimate of drug-likeness (QED) is 0.595. The van der Waals surface area contributed by atoms with Crippen LogP contribution in [-0.2, 0) is 9.22 Å². The minimum Gasteiger partial charge on any atom is -0.406 e. The fraction of sp³-hybridized carbons (Fsp3) is 0.381. The van der Waals surface area contributed by atoms with Gasteiger partial charge in [0.1, 0.15) is 6.29 Å². The molecule has 0 amide bonds. The molecular weight excluding hydrogens is 312 g/mol. The molecule has 2 aromatic rings. The van der Waals surface area contributed by atoms with Crippen LogP contribution in [0.25, 0.3) is 0 Å². The lowest BCUT2D eigenvalue weighted by Gasteiger charge is -2.43. The Morgan fingerprint density at radius 2 is 1.42 bits per heavy atom. The molecule has 0 spiro atoms. The van der Waals surface area contributed by atoms with Gasteiger partial charge in [0.25, 0.3) is 8.32 Å². The number of rotatable bonds is 6. The molecule has 0 bridgehead atoms. The molecule has 3 rings (SSSR count). The molecule has 0 radical (unpaired) electrons. The maximum Gasteiger partial charge on any atom is 0.261 e. The maximum atomic E-state index is 11.5. The second-order valence-electron chi connectivity index (χ2n) is 7.93. The smallest absolute Gasteiger partial charge is 0.261 e. The molecular formula is C21H26O2Si. The van der Waals surface area contributed by atoms with Crippen molar-refractivity contribution in [3.05, 3.63) is 60.7 Å². The summed E-state index contributed by atoms with van der Waals surface area (Å²) < 4.78 is 6.79. The largest absolute Gasteiger partial charge is 0.406 e. The van der Waals surface area contributed by atoms with Crippen molar-refractivity contribution in [2.75, 3.05) is 6.61 Å². The summed E-state index contributed by atoms with van der Waals surface area (Å²) in [6.45, 7) is 7.32. The van der Waals surface area contributed by atoms with Crippen LogP contribution in [0.4, 0.5) is 0 Å². The number of carbonyl (C=O) groups excluding carboxylic acids is 1. The zero-order valence-electron chi connectivity index (χ0n) is 14.8. The first-order valence-electron chi connectivity index (χ1n) is 8.65. The average Bonchev–Trinajstić information content (AvgIpc) is 3.37. The van der Waals surface area contributed by atoms with Gasteiger partial charge < -0.3 is 9.22 Å². The van der Waals surface area contributed by atoms with Gasteiger partial charge in [-0.3, -0.25) is 0 Å². The zero-order chi connectivity index (χ0) is 17.3. The summed E-state index contributed by atoms with van der Waals surface area (Å²) in [6, 6.07) is 21.2. The summed E-state index contributed by atoms with van der Waals surface area (Å²) in [5.74, 6) is 0. The number of carbonyl (C=O) groups is 1. The highest BCUT2D eigenvalue weighted by Gasteiger charge is 2.53. The van der Waals surface area contributed by atoms with Gasteiger partial charge in [0.2, 0.25) is 0 Å². The van der Waals surface area contributed by atoms with Crippen LogP contribution in [0.3, 0.4) is 0 Å². The van der Waals surface area contributed by atoms with Crippen molar-refractivity contribution in [1.82, 2.24) is 0 Å². The van der Waals surface area contributed by atoms with Gasteiger partial charge in [0.05, 0.1) is 0 Å². The lowest BCUT2D eigenvalue weighted by Crippen LogP contribution is -2.67. The SMILES string of the molecule is CC(C)(C)[Si](OCC1(C=O)CC1)(c1ccccc1)c1ccccc1. The van der Waals surface area contributed by atoms with Gasteiger partial charge in [-0.25, -0.2) is 0 Å². The van der Waals surface area contributed by atoms with Gasteiger partial charge in [-0.1, -0.05) is 81.4 Å². The first-order chi connectivity index (χ1) is 11.4. The van der Waals surface area contributed by atoms with Gasteiger partial charge >= 0.3 is 0 Å². The third-order valence-electron chi connectivity index (χ3n) is 5.14. The van der Waals surface area contributed by atoms with E-state index < -0.39 is 8.32 Å². The molecule has 1 aliphatic rings. The van der Waals surface area contributed by atoms with Crippen LogP contribution < -0.4 is 10.4 Å². The van der Waals surface area contributed by atoms with E-state index in [9.17, 15) is 4.79 Å². The predicted molar refractivity (Wildman–Crippen MR) is 101 cm³/mol. The lowest BCUT2D eigenvalue weighted by atomic mass is 10.2. The third-order valence-corrected chi connectivity index (χ3v) is 10.1. The van der Waals surface area contributed by atoms with Crippen LogP contribution in [0, 0.1) is 5.41 Å². The normalized spacial score (nSPS) is 16.6. The fourth-order valence-electron chi connectivity index (χ4n) is 3.47. The Kier molecular flexibility index (Phi) is 4.50. The summed E-state index contributed by atoms with van der Waals surface area (Å²) in [6.07, 6.45) is 3.01. The van der Waals surface area contributed by atoms with Crippen LogP contribution in [-0.4, -0.2) is 21.2 Å². The first-order valence-corrected chi connectivity index (χ1v) is 10.6. The van der Waals surface area contributed by atoms with Crippen LogP contribution in [0.2, 0.25) is 5.04 Å². The van der Waals surface area contributed by atoms with E-state index >= 15 is 0 Å². The molecule has 0 aromatic heterocycles. The number of hydrogen-bond acceptors (Lipinski definition) is 2. The number of benzene rings is 2. The Morgan fingerprint density at radius 1 is 0.958 bits per heavy atom. The molecule has 2 aromatic carbocycles. The van der Waals surface area contributed by atoms with Gasteiger partial charge in [0.15, 0.2) is 0 Å². The van der Waals surface area contributed by atoms with Crippen molar-refractivity contribution >= 4 is 25.0 Å². The van der Waals surface area contributed by atoms with Crippen LogP contribution >= 0.6 is 0 Å². The van der Waals surface area contributed by atoms with Crippen LogP contribution in [0.1, 0.15) is 33.6 Å². The molecule has 126 valence electrons. The zero-order valence-corrected chi connectivity index (χ0v) is 15.8. The predicted octanol–water partition coefficient (Wildman–Crippen LogP) is 3.54. The Morgan fingerprint density at radius 3 is 1.75 bits per heavy atom. The minimum atomic E-state index is -2.49. The Hall–Kier alpha value is -1.71. The van der Waals surface area contributed by atoms with Gasteiger partial charge in [-0.15, -0.1) is 0 Å². The average molecular weight is 339 g/mol. The van der Waals surface area contributed by atoms with Crippen molar-refractivity contribution < 1.29 is 9.22 Å². The standard InChI is InChI=1S/C21H26O2Si/c1-20(2,3)24(18-10-6-4-7-11-18,19-12-8-5-9-13-19)23-17-21(16-22)14-15-21/h4-13,16H,14-15,17H2,1-3H3. The second-order valence-corrected chi connectivity index (χ2v) is 12.2. The topological polar surface area (TPSA) is 26.3 Å². The molecule has 0 aliphatic heterocycles. The molecule has 0 N–H and O–H groups in total. The highest BCUT2D eigenvalue weighted by atomic mass is 28.4. The van der Waals surface area contributed by atoms with Crippen LogP contribution in [0.5, 0.6) is 0 Å². The highest BCUT2D eigenvalue weighted by Crippen LogP contribution is 2.46. The summed E-state index contributed by atoms with van der Waals surface area (Å²) >= 11 is 0. The van der Waals surface area contributed by atoms with Crippen molar-refractivity contribution in [3.63, 3.8) is 0 Å². The van der Waals surface area contributed by atoms with E-state index in [4.69, 9.17) is 4.43 Å². The first kappa shape index (κ1) is 17.1. The molecule has 0 atom stereocenters. The maximum absolute atomic E-state index is 11.5. The summed E-state index contributed by atoms with van der Waals surface area (Å²) in [4.78, 5) is 11.5. The van der Waals surface area contributed by atoms with Crippen LogP contribution in [0.15, 0.2) is 60.7 Å². The molecule has 2 nitrogen and oxygen atoms in total. The second kappa shape index (κ2) is 6.30. The third kappa shape index (κ3) is 2.98. The van der Waals surface area contributed by atoms with E-state index in [1.54, 1.807) is 0 Å².